The number of aryl methyl sites for hydroxylation is 1. The molecule has 0 bridgehead atoms. The van der Waals surface area contributed by atoms with E-state index in [9.17, 15) is 4.79 Å². The van der Waals surface area contributed by atoms with Gasteiger partial charge in [-0.2, -0.15) is 5.10 Å². The van der Waals surface area contributed by atoms with Gasteiger partial charge < -0.3 is 0 Å². The molecular weight excluding hydrogens is 320 g/mol. The molecule has 0 aliphatic rings. The Kier molecular flexibility index (Phi) is 4.07. The second-order valence-corrected chi connectivity index (χ2v) is 5.82. The number of carbonyl (C=O) groups excluding carboxylic acids is 1. The first-order chi connectivity index (χ1) is 10.6. The molecule has 22 heavy (non-hydrogen) atoms. The first kappa shape index (κ1) is 14.5. The SMILES string of the molecule is Cc1ccc(-c2n[nH]c(=S)n2CC(=O)Nc2nncs2)cc1. The number of nitrogens with one attached hydrogen (secondary N) is 2. The van der Waals surface area contributed by atoms with Gasteiger partial charge in [0.15, 0.2) is 10.6 Å². The summed E-state index contributed by atoms with van der Waals surface area (Å²) in [6, 6.07) is 7.86. The van der Waals surface area contributed by atoms with E-state index in [1.54, 1.807) is 10.1 Å². The first-order valence-corrected chi connectivity index (χ1v) is 7.70. The fourth-order valence-corrected chi connectivity index (χ4v) is 2.58. The molecule has 3 aromatic rings. The molecule has 2 N–H and O–H groups in total. The van der Waals surface area contributed by atoms with E-state index in [1.807, 2.05) is 31.2 Å². The largest absolute Gasteiger partial charge is 0.299 e. The molecule has 0 unspecified atom stereocenters. The summed E-state index contributed by atoms with van der Waals surface area (Å²) in [4.78, 5) is 12.1. The zero-order valence-corrected chi connectivity index (χ0v) is 13.2. The molecule has 0 spiro atoms. The summed E-state index contributed by atoms with van der Waals surface area (Å²) in [5.41, 5.74) is 3.59. The standard InChI is InChI=1S/C13H12N6OS2/c1-8-2-4-9(5-3-8)11-16-18-13(21)19(11)6-10(20)15-12-17-14-7-22-12/h2-5,7H,6H2,1H3,(H,18,21)(H,15,17,20). The van der Waals surface area contributed by atoms with Gasteiger partial charge in [0, 0.05) is 5.56 Å². The fourth-order valence-electron chi connectivity index (χ4n) is 1.92. The number of H-pyrrole nitrogens is 1. The van der Waals surface area contributed by atoms with Crippen molar-refractivity contribution >= 4 is 34.6 Å². The van der Waals surface area contributed by atoms with Gasteiger partial charge in [0.2, 0.25) is 11.0 Å². The van der Waals surface area contributed by atoms with Crippen LogP contribution in [0, 0.1) is 11.7 Å². The van der Waals surface area contributed by atoms with Crippen LogP contribution in [0.3, 0.4) is 0 Å². The summed E-state index contributed by atoms with van der Waals surface area (Å²) in [7, 11) is 0. The monoisotopic (exact) mass is 332 g/mol. The van der Waals surface area contributed by atoms with Crippen molar-refractivity contribution in [1.29, 1.82) is 0 Å². The Hall–Kier alpha value is -2.39. The highest BCUT2D eigenvalue weighted by Crippen LogP contribution is 2.18. The summed E-state index contributed by atoms with van der Waals surface area (Å²) in [5.74, 6) is 0.389. The molecule has 1 amide bonds. The molecule has 0 atom stereocenters. The van der Waals surface area contributed by atoms with Crippen LogP contribution in [0.5, 0.6) is 0 Å². The van der Waals surface area contributed by atoms with Crippen LogP contribution in [0.15, 0.2) is 29.8 Å². The number of hydrogen-bond donors (Lipinski definition) is 2. The van der Waals surface area contributed by atoms with Crippen molar-refractivity contribution in [2.45, 2.75) is 13.5 Å². The van der Waals surface area contributed by atoms with Gasteiger partial charge in [-0.3, -0.25) is 19.8 Å². The van der Waals surface area contributed by atoms with E-state index in [1.165, 1.54) is 11.3 Å². The zero-order valence-electron chi connectivity index (χ0n) is 11.6. The number of hydrogen-bond acceptors (Lipinski definition) is 6. The number of amides is 1. The molecule has 112 valence electrons. The topological polar surface area (TPSA) is 88.5 Å². The van der Waals surface area contributed by atoms with Crippen LogP contribution >= 0.6 is 23.6 Å². The van der Waals surface area contributed by atoms with E-state index >= 15 is 0 Å². The van der Waals surface area contributed by atoms with Crippen molar-refractivity contribution in [2.75, 3.05) is 5.32 Å². The molecule has 3 rings (SSSR count). The smallest absolute Gasteiger partial charge is 0.246 e. The average Bonchev–Trinajstić information content (AvgIpc) is 3.11. The number of aromatic nitrogens is 5. The lowest BCUT2D eigenvalue weighted by atomic mass is 10.1. The molecule has 1 aromatic carbocycles. The number of aromatic amines is 1. The Bertz CT molecular complexity index is 834. The second kappa shape index (κ2) is 6.16. The van der Waals surface area contributed by atoms with Gasteiger partial charge in [-0.05, 0) is 19.1 Å². The van der Waals surface area contributed by atoms with Crippen LogP contribution in [0.25, 0.3) is 11.4 Å². The number of carbonyl (C=O) groups is 1. The van der Waals surface area contributed by atoms with Gasteiger partial charge in [0.1, 0.15) is 12.1 Å². The quantitative estimate of drug-likeness (QED) is 0.716. The summed E-state index contributed by atoms with van der Waals surface area (Å²) in [5, 5.41) is 17.5. The average molecular weight is 332 g/mol. The second-order valence-electron chi connectivity index (χ2n) is 4.60. The maximum absolute atomic E-state index is 12.1. The van der Waals surface area contributed by atoms with E-state index < -0.39 is 0 Å². The highest BCUT2D eigenvalue weighted by atomic mass is 32.1. The van der Waals surface area contributed by atoms with Crippen molar-refractivity contribution in [2.24, 2.45) is 0 Å². The van der Waals surface area contributed by atoms with Crippen molar-refractivity contribution < 1.29 is 4.79 Å². The molecule has 0 aliphatic carbocycles. The van der Waals surface area contributed by atoms with Crippen LogP contribution in [0.2, 0.25) is 0 Å². The lowest BCUT2D eigenvalue weighted by Crippen LogP contribution is -2.19. The zero-order chi connectivity index (χ0) is 15.5. The van der Waals surface area contributed by atoms with E-state index in [0.717, 1.165) is 11.1 Å². The molecule has 7 nitrogen and oxygen atoms in total. The molecular formula is C13H12N6OS2. The number of rotatable bonds is 4. The maximum Gasteiger partial charge on any atom is 0.246 e. The number of benzene rings is 1. The third kappa shape index (κ3) is 3.10. The molecule has 0 fully saturated rings. The number of nitrogens with zero attached hydrogens (tertiary/aromatic N) is 4. The van der Waals surface area contributed by atoms with Gasteiger partial charge in [0.25, 0.3) is 0 Å². The normalized spacial score (nSPS) is 10.6. The van der Waals surface area contributed by atoms with Crippen molar-refractivity contribution in [3.05, 3.63) is 40.1 Å². The van der Waals surface area contributed by atoms with Crippen LogP contribution in [-0.2, 0) is 11.3 Å². The molecule has 2 aromatic heterocycles. The first-order valence-electron chi connectivity index (χ1n) is 6.42. The van der Waals surface area contributed by atoms with E-state index in [4.69, 9.17) is 12.2 Å². The molecule has 0 radical (unpaired) electrons. The van der Waals surface area contributed by atoms with Crippen molar-refractivity contribution in [3.8, 4) is 11.4 Å². The Morgan fingerprint density at radius 1 is 1.41 bits per heavy atom. The maximum atomic E-state index is 12.1. The third-order valence-corrected chi connectivity index (χ3v) is 3.89. The molecule has 2 heterocycles. The van der Waals surface area contributed by atoms with Crippen LogP contribution in [0.1, 0.15) is 5.56 Å². The Morgan fingerprint density at radius 2 is 2.18 bits per heavy atom. The Balaban J connectivity index is 1.84. The minimum absolute atomic E-state index is 0.0537. The molecule has 0 saturated heterocycles. The van der Waals surface area contributed by atoms with Gasteiger partial charge >= 0.3 is 0 Å². The predicted molar refractivity (Wildman–Crippen MR) is 86.1 cm³/mol. The predicted octanol–water partition coefficient (Wildman–Crippen LogP) is 2.41. The van der Waals surface area contributed by atoms with Crippen LogP contribution in [-0.4, -0.2) is 30.9 Å². The summed E-state index contributed by atoms with van der Waals surface area (Å²) in [6.07, 6.45) is 0. The molecule has 0 aliphatic heterocycles. The number of anilines is 1. The Labute approximate surface area is 135 Å². The highest BCUT2D eigenvalue weighted by molar-refractivity contribution is 7.71. The third-order valence-electron chi connectivity index (χ3n) is 2.98. The van der Waals surface area contributed by atoms with Crippen molar-refractivity contribution in [1.82, 2.24) is 25.0 Å². The van der Waals surface area contributed by atoms with E-state index in [2.05, 4.69) is 25.7 Å². The van der Waals surface area contributed by atoms with E-state index in [-0.39, 0.29) is 12.5 Å². The fraction of sp³-hybridized carbons (Fsp3) is 0.154. The lowest BCUT2D eigenvalue weighted by Gasteiger charge is -2.06. The molecule has 9 heteroatoms. The Morgan fingerprint density at radius 3 is 2.86 bits per heavy atom. The van der Waals surface area contributed by atoms with Crippen LogP contribution < -0.4 is 5.32 Å². The summed E-state index contributed by atoms with van der Waals surface area (Å²) in [6.45, 7) is 2.06. The lowest BCUT2D eigenvalue weighted by molar-refractivity contribution is -0.116. The molecule has 0 saturated carbocycles. The summed E-state index contributed by atoms with van der Waals surface area (Å²) >= 11 is 6.46. The van der Waals surface area contributed by atoms with Gasteiger partial charge in [-0.25, -0.2) is 0 Å². The summed E-state index contributed by atoms with van der Waals surface area (Å²) < 4.78 is 2.04. The van der Waals surface area contributed by atoms with Crippen LogP contribution in [0.4, 0.5) is 5.13 Å². The van der Waals surface area contributed by atoms with E-state index in [0.29, 0.717) is 15.7 Å². The van der Waals surface area contributed by atoms with Crippen molar-refractivity contribution in [3.63, 3.8) is 0 Å². The minimum Gasteiger partial charge on any atom is -0.299 e. The van der Waals surface area contributed by atoms with Gasteiger partial charge in [-0.1, -0.05) is 41.2 Å². The van der Waals surface area contributed by atoms with Gasteiger partial charge in [-0.15, -0.1) is 10.2 Å². The highest BCUT2D eigenvalue weighted by Gasteiger charge is 2.13. The minimum atomic E-state index is -0.234. The van der Waals surface area contributed by atoms with Gasteiger partial charge in [0.05, 0.1) is 0 Å².